The number of hydrogen-bond donors (Lipinski definition) is 1. The summed E-state index contributed by atoms with van der Waals surface area (Å²) >= 11 is 0. The summed E-state index contributed by atoms with van der Waals surface area (Å²) in [6, 6.07) is 13.4. The molecule has 0 aliphatic rings. The fourth-order valence-corrected chi connectivity index (χ4v) is 3.05. The Balaban J connectivity index is 1.31. The predicted molar refractivity (Wildman–Crippen MR) is 107 cm³/mol. The molecule has 2 heterocycles. The average Bonchev–Trinajstić information content (AvgIpc) is 3.19. The summed E-state index contributed by atoms with van der Waals surface area (Å²) in [5.74, 6) is -0.271. The van der Waals surface area contributed by atoms with Crippen molar-refractivity contribution in [3.63, 3.8) is 0 Å². The van der Waals surface area contributed by atoms with Crippen LogP contribution in [0.3, 0.4) is 0 Å². The van der Waals surface area contributed by atoms with Crippen molar-refractivity contribution in [3.05, 3.63) is 71.8 Å². The van der Waals surface area contributed by atoms with E-state index in [9.17, 15) is 9.59 Å². The smallest absolute Gasteiger partial charge is 0.306 e. The maximum absolute atomic E-state index is 12.4. The summed E-state index contributed by atoms with van der Waals surface area (Å²) < 4.78 is 7.16. The van der Waals surface area contributed by atoms with Crippen LogP contribution < -0.4 is 5.32 Å². The second-order valence-corrected chi connectivity index (χ2v) is 6.73. The zero-order valence-corrected chi connectivity index (χ0v) is 16.1. The molecule has 0 fully saturated rings. The van der Waals surface area contributed by atoms with E-state index >= 15 is 0 Å². The van der Waals surface area contributed by atoms with Crippen molar-refractivity contribution < 1.29 is 14.3 Å². The Hall–Kier alpha value is -3.15. The fraction of sp³-hybridized carbons (Fsp3) is 0.318. The molecule has 0 spiro atoms. The number of aryl methyl sites for hydroxylation is 1. The zero-order valence-electron chi connectivity index (χ0n) is 16.1. The van der Waals surface area contributed by atoms with Crippen molar-refractivity contribution in [3.8, 4) is 0 Å². The zero-order chi connectivity index (χ0) is 19.8. The van der Waals surface area contributed by atoms with E-state index in [1.807, 2.05) is 53.8 Å². The van der Waals surface area contributed by atoms with Crippen LogP contribution in [0.4, 0.5) is 0 Å². The Morgan fingerprint density at radius 3 is 2.71 bits per heavy atom. The Bertz CT molecular complexity index is 935. The van der Waals surface area contributed by atoms with Crippen LogP contribution in [0.1, 0.15) is 47.3 Å². The van der Waals surface area contributed by atoms with Crippen LogP contribution in [0, 0.1) is 6.92 Å². The van der Waals surface area contributed by atoms with E-state index in [0.717, 1.165) is 36.0 Å². The van der Waals surface area contributed by atoms with Gasteiger partial charge in [0.15, 0.2) is 0 Å². The molecule has 6 heteroatoms. The van der Waals surface area contributed by atoms with E-state index < -0.39 is 0 Å². The molecule has 0 saturated carbocycles. The van der Waals surface area contributed by atoms with Gasteiger partial charge < -0.3 is 14.5 Å². The highest BCUT2D eigenvalue weighted by Crippen LogP contribution is 2.12. The van der Waals surface area contributed by atoms with Gasteiger partial charge >= 0.3 is 5.97 Å². The molecule has 0 aliphatic carbocycles. The molecule has 2 aromatic heterocycles. The van der Waals surface area contributed by atoms with Crippen molar-refractivity contribution >= 4 is 17.4 Å². The number of amides is 1. The van der Waals surface area contributed by atoms with E-state index in [0.29, 0.717) is 25.1 Å². The highest BCUT2D eigenvalue weighted by Gasteiger charge is 2.11. The summed E-state index contributed by atoms with van der Waals surface area (Å²) in [5.41, 5.74) is 3.47. The summed E-state index contributed by atoms with van der Waals surface area (Å²) in [5, 5.41) is 2.94. The van der Waals surface area contributed by atoms with Crippen LogP contribution in [0.5, 0.6) is 0 Å². The molecule has 0 saturated heterocycles. The van der Waals surface area contributed by atoms with Gasteiger partial charge in [0.25, 0.3) is 5.91 Å². The van der Waals surface area contributed by atoms with Crippen molar-refractivity contribution in [1.82, 2.24) is 14.7 Å². The molecule has 0 bridgehead atoms. The molecular formula is C22H25N3O3. The van der Waals surface area contributed by atoms with Crippen molar-refractivity contribution in [2.24, 2.45) is 0 Å². The quantitative estimate of drug-likeness (QED) is 0.455. The number of unbranched alkanes of at least 4 members (excludes halogenated alkanes) is 2. The molecule has 6 nitrogen and oxygen atoms in total. The minimum absolute atomic E-state index is 0.0876. The second kappa shape index (κ2) is 9.69. The first-order valence-electron chi connectivity index (χ1n) is 9.54. The first-order chi connectivity index (χ1) is 13.6. The number of nitrogens with zero attached hydrogens (tertiary/aromatic N) is 2. The minimum atomic E-state index is -0.183. The lowest BCUT2D eigenvalue weighted by Gasteiger charge is -2.09. The molecule has 3 aromatic rings. The first kappa shape index (κ1) is 19.6. The Morgan fingerprint density at radius 2 is 1.89 bits per heavy atom. The minimum Gasteiger partial charge on any atom is -0.461 e. The van der Waals surface area contributed by atoms with Gasteiger partial charge in [-0.05, 0) is 37.5 Å². The van der Waals surface area contributed by atoms with Gasteiger partial charge in [0.2, 0.25) is 0 Å². The number of nitrogens with one attached hydrogen (secondary N) is 1. The first-order valence-corrected chi connectivity index (χ1v) is 9.54. The van der Waals surface area contributed by atoms with Gasteiger partial charge in [-0.2, -0.15) is 0 Å². The van der Waals surface area contributed by atoms with Crippen LogP contribution in [-0.2, 0) is 16.1 Å². The molecule has 1 aromatic carbocycles. The summed E-state index contributed by atoms with van der Waals surface area (Å²) in [6.07, 6.45) is 6.31. The van der Waals surface area contributed by atoms with E-state index in [-0.39, 0.29) is 11.9 Å². The van der Waals surface area contributed by atoms with Gasteiger partial charge in [-0.25, -0.2) is 4.98 Å². The highest BCUT2D eigenvalue weighted by atomic mass is 16.5. The largest absolute Gasteiger partial charge is 0.461 e. The molecule has 28 heavy (non-hydrogen) atoms. The summed E-state index contributed by atoms with van der Waals surface area (Å²) in [6.45, 7) is 2.81. The fourth-order valence-electron chi connectivity index (χ4n) is 3.05. The molecule has 0 atom stereocenters. The lowest BCUT2D eigenvalue weighted by molar-refractivity contribution is -0.145. The van der Waals surface area contributed by atoms with Gasteiger partial charge in [0.1, 0.15) is 6.61 Å². The standard InChI is InChI=1S/C22H25N3O3/c1-17-20(12-11-19-14-23-16-25(17)19)22(27)24-13-7-3-6-10-21(26)28-15-18-8-4-2-5-9-18/h2,4-5,8-9,11-12,14,16H,3,6-7,10,13,15H2,1H3,(H,24,27). The van der Waals surface area contributed by atoms with Crippen LogP contribution >= 0.6 is 0 Å². The maximum atomic E-state index is 12.4. The van der Waals surface area contributed by atoms with E-state index in [1.165, 1.54) is 0 Å². The number of aromatic nitrogens is 2. The lowest BCUT2D eigenvalue weighted by Crippen LogP contribution is -2.25. The number of hydrogen-bond acceptors (Lipinski definition) is 4. The van der Waals surface area contributed by atoms with Crippen molar-refractivity contribution in [2.45, 2.75) is 39.2 Å². The molecule has 1 N–H and O–H groups in total. The van der Waals surface area contributed by atoms with Gasteiger partial charge in [-0.15, -0.1) is 0 Å². The Morgan fingerprint density at radius 1 is 1.07 bits per heavy atom. The Kier molecular flexibility index (Phi) is 6.78. The lowest BCUT2D eigenvalue weighted by atomic mass is 10.1. The second-order valence-electron chi connectivity index (χ2n) is 6.73. The maximum Gasteiger partial charge on any atom is 0.306 e. The summed E-state index contributed by atoms with van der Waals surface area (Å²) in [7, 11) is 0. The number of rotatable bonds is 9. The number of fused-ring (bicyclic) bond motifs is 1. The normalized spacial score (nSPS) is 10.8. The Labute approximate surface area is 164 Å². The topological polar surface area (TPSA) is 72.7 Å². The molecule has 0 unspecified atom stereocenters. The third-order valence-electron chi connectivity index (χ3n) is 4.67. The molecule has 0 radical (unpaired) electrons. The van der Waals surface area contributed by atoms with Crippen molar-refractivity contribution in [1.29, 1.82) is 0 Å². The highest BCUT2D eigenvalue weighted by molar-refractivity contribution is 5.95. The molecular weight excluding hydrogens is 354 g/mol. The molecule has 0 aliphatic heterocycles. The van der Waals surface area contributed by atoms with Crippen LogP contribution in [0.25, 0.3) is 5.52 Å². The van der Waals surface area contributed by atoms with Gasteiger partial charge in [0.05, 0.1) is 23.6 Å². The number of carbonyl (C=O) groups excluding carboxylic acids is 2. The van der Waals surface area contributed by atoms with Crippen LogP contribution in [0.15, 0.2) is 55.0 Å². The van der Waals surface area contributed by atoms with Crippen molar-refractivity contribution in [2.75, 3.05) is 6.54 Å². The molecule has 146 valence electrons. The van der Waals surface area contributed by atoms with E-state index in [1.54, 1.807) is 12.5 Å². The number of pyridine rings is 1. The molecule has 3 rings (SSSR count). The average molecular weight is 379 g/mol. The third-order valence-corrected chi connectivity index (χ3v) is 4.67. The SMILES string of the molecule is Cc1c(C(=O)NCCCCCC(=O)OCc2ccccc2)ccc2cncn12. The monoisotopic (exact) mass is 379 g/mol. The van der Waals surface area contributed by atoms with Crippen LogP contribution in [0.2, 0.25) is 0 Å². The van der Waals surface area contributed by atoms with Gasteiger partial charge in [0, 0.05) is 18.7 Å². The third kappa shape index (κ3) is 5.19. The van der Waals surface area contributed by atoms with E-state index in [2.05, 4.69) is 10.3 Å². The number of benzene rings is 1. The number of esters is 1. The number of ether oxygens (including phenoxy) is 1. The predicted octanol–water partition coefficient (Wildman–Crippen LogP) is 3.68. The van der Waals surface area contributed by atoms with Crippen LogP contribution in [-0.4, -0.2) is 27.8 Å². The number of carbonyl (C=O) groups is 2. The molecule has 1 amide bonds. The summed E-state index contributed by atoms with van der Waals surface area (Å²) in [4.78, 5) is 28.2. The van der Waals surface area contributed by atoms with Gasteiger partial charge in [-0.1, -0.05) is 36.8 Å². The van der Waals surface area contributed by atoms with Gasteiger partial charge in [-0.3, -0.25) is 9.59 Å². The van der Waals surface area contributed by atoms with E-state index in [4.69, 9.17) is 4.74 Å². The number of imidazole rings is 1.